The van der Waals surface area contributed by atoms with Crippen molar-refractivity contribution in [3.05, 3.63) is 35.9 Å². The topological polar surface area (TPSA) is 29.5 Å². The van der Waals surface area contributed by atoms with Crippen LogP contribution in [0.15, 0.2) is 30.3 Å². The highest BCUT2D eigenvalue weighted by Crippen LogP contribution is 2.22. The normalized spacial score (nSPS) is 22.2. The molecule has 1 heterocycles. The molecule has 0 radical (unpaired) electrons. The first-order valence-electron chi connectivity index (χ1n) is 5.78. The van der Waals surface area contributed by atoms with Crippen LogP contribution in [0.1, 0.15) is 18.6 Å². The maximum Gasteiger partial charge on any atom is 0.240 e. The fraction of sp³-hybridized carbons (Fsp3) is 0.462. The van der Waals surface area contributed by atoms with Gasteiger partial charge in [0.05, 0.1) is 13.2 Å². The summed E-state index contributed by atoms with van der Waals surface area (Å²) >= 11 is 5.82. The maximum atomic E-state index is 11.8. The minimum absolute atomic E-state index is 0.0177. The van der Waals surface area contributed by atoms with Gasteiger partial charge in [0.15, 0.2) is 0 Å². The third-order valence-electron chi connectivity index (χ3n) is 2.89. The van der Waals surface area contributed by atoms with E-state index in [4.69, 9.17) is 16.3 Å². The maximum absolute atomic E-state index is 11.8. The molecule has 0 aliphatic carbocycles. The zero-order chi connectivity index (χ0) is 12.3. The van der Waals surface area contributed by atoms with Gasteiger partial charge in [-0.3, -0.25) is 4.79 Å². The minimum atomic E-state index is -0.468. The largest absolute Gasteiger partial charge is 0.370 e. The number of benzene rings is 1. The molecule has 92 valence electrons. The van der Waals surface area contributed by atoms with Crippen molar-refractivity contribution >= 4 is 17.5 Å². The van der Waals surface area contributed by atoms with E-state index >= 15 is 0 Å². The molecule has 2 atom stereocenters. The van der Waals surface area contributed by atoms with Crippen LogP contribution in [-0.2, 0) is 9.53 Å². The Morgan fingerprint density at radius 1 is 1.47 bits per heavy atom. The number of hydrogen-bond donors (Lipinski definition) is 0. The minimum Gasteiger partial charge on any atom is -0.370 e. The van der Waals surface area contributed by atoms with Gasteiger partial charge < -0.3 is 9.64 Å². The molecule has 3 nitrogen and oxygen atoms in total. The predicted molar refractivity (Wildman–Crippen MR) is 67.0 cm³/mol. The molecular weight excluding hydrogens is 238 g/mol. The number of carbonyl (C=O) groups excluding carboxylic acids is 1. The molecule has 4 heteroatoms. The number of carbonyl (C=O) groups is 1. The first kappa shape index (κ1) is 12.4. The highest BCUT2D eigenvalue weighted by molar-refractivity contribution is 6.30. The summed E-state index contributed by atoms with van der Waals surface area (Å²) < 4.78 is 5.69. The van der Waals surface area contributed by atoms with Crippen molar-refractivity contribution in [2.75, 3.05) is 19.7 Å². The molecule has 1 saturated heterocycles. The zero-order valence-corrected chi connectivity index (χ0v) is 10.6. The molecule has 0 aromatic heterocycles. The molecule has 2 rings (SSSR count). The van der Waals surface area contributed by atoms with Gasteiger partial charge >= 0.3 is 0 Å². The van der Waals surface area contributed by atoms with Gasteiger partial charge in [-0.2, -0.15) is 0 Å². The average molecular weight is 254 g/mol. The lowest BCUT2D eigenvalue weighted by Gasteiger charge is -2.33. The Bertz CT molecular complexity index is 380. The monoisotopic (exact) mass is 253 g/mol. The van der Waals surface area contributed by atoms with Crippen molar-refractivity contribution < 1.29 is 9.53 Å². The third kappa shape index (κ3) is 2.99. The lowest BCUT2D eigenvalue weighted by atomic mass is 10.1. The highest BCUT2D eigenvalue weighted by atomic mass is 35.5. The Balaban J connectivity index is 2.05. The predicted octanol–water partition coefficient (Wildman–Crippen LogP) is 2.21. The van der Waals surface area contributed by atoms with Gasteiger partial charge in [-0.25, -0.2) is 0 Å². The SMILES string of the molecule is CC(Cl)C(=O)N1CCOC(c2ccccc2)C1. The van der Waals surface area contributed by atoms with Crippen molar-refractivity contribution in [2.24, 2.45) is 0 Å². The first-order valence-corrected chi connectivity index (χ1v) is 6.21. The van der Waals surface area contributed by atoms with Crippen LogP contribution in [0.3, 0.4) is 0 Å². The summed E-state index contributed by atoms with van der Waals surface area (Å²) in [5.74, 6) is -0.0177. The van der Waals surface area contributed by atoms with Crippen LogP contribution in [0.5, 0.6) is 0 Å². The number of ether oxygens (including phenoxy) is 1. The van der Waals surface area contributed by atoms with E-state index in [9.17, 15) is 4.79 Å². The van der Waals surface area contributed by atoms with Gasteiger partial charge in [-0.15, -0.1) is 11.6 Å². The lowest BCUT2D eigenvalue weighted by Crippen LogP contribution is -2.44. The van der Waals surface area contributed by atoms with Crippen molar-refractivity contribution in [1.82, 2.24) is 4.90 Å². The molecule has 1 fully saturated rings. The molecule has 2 unspecified atom stereocenters. The van der Waals surface area contributed by atoms with E-state index in [-0.39, 0.29) is 12.0 Å². The first-order chi connectivity index (χ1) is 8.18. The number of halogens is 1. The van der Waals surface area contributed by atoms with Crippen molar-refractivity contribution in [1.29, 1.82) is 0 Å². The Morgan fingerprint density at radius 3 is 2.82 bits per heavy atom. The number of alkyl halides is 1. The van der Waals surface area contributed by atoms with Crippen LogP contribution in [0.4, 0.5) is 0 Å². The number of amides is 1. The Morgan fingerprint density at radius 2 is 2.18 bits per heavy atom. The van der Waals surface area contributed by atoms with Crippen LogP contribution < -0.4 is 0 Å². The Hall–Kier alpha value is -1.06. The van der Waals surface area contributed by atoms with Gasteiger partial charge in [0.1, 0.15) is 11.5 Å². The van der Waals surface area contributed by atoms with Gasteiger partial charge in [-0.05, 0) is 12.5 Å². The van der Waals surface area contributed by atoms with Gasteiger partial charge in [0.25, 0.3) is 0 Å². The lowest BCUT2D eigenvalue weighted by molar-refractivity contribution is -0.138. The van der Waals surface area contributed by atoms with E-state index in [0.717, 1.165) is 5.56 Å². The number of nitrogens with zero attached hydrogens (tertiary/aromatic N) is 1. The highest BCUT2D eigenvalue weighted by Gasteiger charge is 2.27. The van der Waals surface area contributed by atoms with Gasteiger partial charge in [-0.1, -0.05) is 30.3 Å². The van der Waals surface area contributed by atoms with E-state index in [1.807, 2.05) is 30.3 Å². The molecule has 0 spiro atoms. The van der Waals surface area contributed by atoms with Gasteiger partial charge in [0.2, 0.25) is 5.91 Å². The standard InChI is InChI=1S/C13H16ClNO2/c1-10(14)13(16)15-7-8-17-12(9-15)11-5-3-2-4-6-11/h2-6,10,12H,7-9H2,1H3. The van der Waals surface area contributed by atoms with Crippen molar-refractivity contribution in [2.45, 2.75) is 18.4 Å². The fourth-order valence-electron chi connectivity index (χ4n) is 1.97. The number of hydrogen-bond acceptors (Lipinski definition) is 2. The molecule has 0 saturated carbocycles. The van der Waals surface area contributed by atoms with Crippen LogP contribution in [0.2, 0.25) is 0 Å². The van der Waals surface area contributed by atoms with E-state index in [1.165, 1.54) is 0 Å². The second-order valence-corrected chi connectivity index (χ2v) is 4.83. The molecule has 1 aliphatic rings. The molecule has 1 aromatic rings. The summed E-state index contributed by atoms with van der Waals surface area (Å²) in [5.41, 5.74) is 1.10. The van der Waals surface area contributed by atoms with Crippen molar-refractivity contribution in [3.63, 3.8) is 0 Å². The Kier molecular flexibility index (Phi) is 4.02. The van der Waals surface area contributed by atoms with E-state index in [0.29, 0.717) is 19.7 Å². The number of rotatable bonds is 2. The smallest absolute Gasteiger partial charge is 0.240 e. The summed E-state index contributed by atoms with van der Waals surface area (Å²) in [6.07, 6.45) is -0.0377. The second-order valence-electron chi connectivity index (χ2n) is 4.17. The summed E-state index contributed by atoms with van der Waals surface area (Å²) in [6, 6.07) is 9.95. The van der Waals surface area contributed by atoms with Crippen LogP contribution in [0.25, 0.3) is 0 Å². The second kappa shape index (κ2) is 5.52. The summed E-state index contributed by atoms with van der Waals surface area (Å²) in [4.78, 5) is 13.6. The third-order valence-corrected chi connectivity index (χ3v) is 3.08. The van der Waals surface area contributed by atoms with E-state index < -0.39 is 5.38 Å². The zero-order valence-electron chi connectivity index (χ0n) is 9.80. The Labute approximate surface area is 106 Å². The molecule has 0 bridgehead atoms. The molecule has 1 aromatic carbocycles. The fourth-order valence-corrected chi connectivity index (χ4v) is 2.11. The van der Waals surface area contributed by atoms with Crippen LogP contribution >= 0.6 is 11.6 Å². The summed E-state index contributed by atoms with van der Waals surface area (Å²) in [6.45, 7) is 3.48. The quantitative estimate of drug-likeness (QED) is 0.757. The summed E-state index contributed by atoms with van der Waals surface area (Å²) in [7, 11) is 0. The van der Waals surface area contributed by atoms with E-state index in [2.05, 4.69) is 0 Å². The van der Waals surface area contributed by atoms with E-state index in [1.54, 1.807) is 11.8 Å². The molecule has 1 amide bonds. The summed E-state index contributed by atoms with van der Waals surface area (Å²) in [5, 5.41) is -0.468. The molecule has 1 aliphatic heterocycles. The van der Waals surface area contributed by atoms with Crippen molar-refractivity contribution in [3.8, 4) is 0 Å². The molecular formula is C13H16ClNO2. The number of morpholine rings is 1. The average Bonchev–Trinajstić information content (AvgIpc) is 2.39. The molecule has 17 heavy (non-hydrogen) atoms. The van der Waals surface area contributed by atoms with Crippen LogP contribution in [-0.4, -0.2) is 35.9 Å². The van der Waals surface area contributed by atoms with Gasteiger partial charge in [0, 0.05) is 6.54 Å². The van der Waals surface area contributed by atoms with Crippen LogP contribution in [0, 0.1) is 0 Å². The molecule has 0 N–H and O–H groups in total.